The fraction of sp³-hybridized carbons (Fsp3) is 0.882. The van der Waals surface area contributed by atoms with Gasteiger partial charge in [-0.2, -0.15) is 5.26 Å². The number of rotatable bonds is 7. The van der Waals surface area contributed by atoms with Crippen molar-refractivity contribution in [2.45, 2.75) is 58.4 Å². The Bertz CT molecular complexity index is 362. The standard InChI is InChI=1S/C17H31N3O/c1-5-7-14-8-9-15(12-18)16(11-14)20(10-6-2)13-17(21)19(3)4/h14-16H,5-11,13H2,1-4H3. The molecule has 1 fully saturated rings. The number of nitriles is 1. The third kappa shape index (κ3) is 5.32. The van der Waals surface area contributed by atoms with Crippen LogP contribution in [0.25, 0.3) is 0 Å². The summed E-state index contributed by atoms with van der Waals surface area (Å²) in [5, 5.41) is 9.47. The van der Waals surface area contributed by atoms with Crippen molar-refractivity contribution in [2.24, 2.45) is 11.8 Å². The first-order valence-electron chi connectivity index (χ1n) is 8.37. The molecule has 0 aromatic rings. The van der Waals surface area contributed by atoms with Crippen molar-refractivity contribution in [3.8, 4) is 6.07 Å². The summed E-state index contributed by atoms with van der Waals surface area (Å²) in [6.07, 6.45) is 6.71. The molecule has 4 nitrogen and oxygen atoms in total. The van der Waals surface area contributed by atoms with Gasteiger partial charge in [0.2, 0.25) is 5.91 Å². The average Bonchev–Trinajstić information content (AvgIpc) is 2.46. The summed E-state index contributed by atoms with van der Waals surface area (Å²) < 4.78 is 0. The van der Waals surface area contributed by atoms with Crippen LogP contribution in [0.5, 0.6) is 0 Å². The lowest BCUT2D eigenvalue weighted by Crippen LogP contribution is -2.48. The predicted octanol–water partition coefficient (Wildman–Crippen LogP) is 2.90. The molecular formula is C17H31N3O. The molecule has 0 N–H and O–H groups in total. The Balaban J connectivity index is 2.79. The van der Waals surface area contributed by atoms with E-state index in [0.717, 1.165) is 31.7 Å². The fourth-order valence-electron chi connectivity index (χ4n) is 3.42. The molecule has 0 radical (unpaired) electrons. The number of carbonyl (C=O) groups is 1. The fourth-order valence-corrected chi connectivity index (χ4v) is 3.42. The van der Waals surface area contributed by atoms with Crippen LogP contribution in [-0.2, 0) is 4.79 Å². The molecule has 1 amide bonds. The molecule has 0 heterocycles. The highest BCUT2D eigenvalue weighted by molar-refractivity contribution is 5.77. The number of amides is 1. The number of likely N-dealkylation sites (N-methyl/N-ethyl adjacent to an activating group) is 1. The molecule has 0 aromatic carbocycles. The first-order chi connectivity index (χ1) is 10.0. The van der Waals surface area contributed by atoms with Crippen LogP contribution in [-0.4, -0.2) is 48.9 Å². The van der Waals surface area contributed by atoms with Crippen molar-refractivity contribution in [1.29, 1.82) is 5.26 Å². The summed E-state index contributed by atoms with van der Waals surface area (Å²) in [6.45, 7) is 5.72. The van der Waals surface area contributed by atoms with Gasteiger partial charge in [-0.05, 0) is 38.1 Å². The molecule has 4 heteroatoms. The zero-order valence-corrected chi connectivity index (χ0v) is 14.1. The summed E-state index contributed by atoms with van der Waals surface area (Å²) in [4.78, 5) is 16.0. The molecule has 0 bridgehead atoms. The summed E-state index contributed by atoms with van der Waals surface area (Å²) in [7, 11) is 3.60. The van der Waals surface area contributed by atoms with Crippen LogP contribution in [0.2, 0.25) is 0 Å². The van der Waals surface area contributed by atoms with Gasteiger partial charge in [0.15, 0.2) is 0 Å². The van der Waals surface area contributed by atoms with E-state index in [1.54, 1.807) is 19.0 Å². The quantitative estimate of drug-likeness (QED) is 0.725. The van der Waals surface area contributed by atoms with E-state index in [1.165, 1.54) is 19.3 Å². The average molecular weight is 293 g/mol. The Morgan fingerprint density at radius 2 is 1.95 bits per heavy atom. The number of hydrogen-bond donors (Lipinski definition) is 0. The molecule has 0 saturated heterocycles. The minimum atomic E-state index is 0.0830. The van der Waals surface area contributed by atoms with Crippen molar-refractivity contribution in [3.05, 3.63) is 0 Å². The zero-order chi connectivity index (χ0) is 15.8. The van der Waals surface area contributed by atoms with Crippen LogP contribution < -0.4 is 0 Å². The number of nitrogens with zero attached hydrogens (tertiary/aromatic N) is 3. The minimum Gasteiger partial charge on any atom is -0.348 e. The molecule has 0 aliphatic heterocycles. The topological polar surface area (TPSA) is 47.3 Å². The maximum Gasteiger partial charge on any atom is 0.236 e. The maximum atomic E-state index is 12.1. The van der Waals surface area contributed by atoms with Gasteiger partial charge in [-0.25, -0.2) is 0 Å². The largest absolute Gasteiger partial charge is 0.348 e. The lowest BCUT2D eigenvalue weighted by molar-refractivity contribution is -0.131. The summed E-state index contributed by atoms with van der Waals surface area (Å²) in [5.41, 5.74) is 0. The number of carbonyl (C=O) groups excluding carboxylic acids is 1. The van der Waals surface area contributed by atoms with Gasteiger partial charge < -0.3 is 4.90 Å². The first kappa shape index (κ1) is 18.0. The molecule has 3 atom stereocenters. The van der Waals surface area contributed by atoms with E-state index in [4.69, 9.17) is 0 Å². The highest BCUT2D eigenvalue weighted by atomic mass is 16.2. The van der Waals surface area contributed by atoms with E-state index in [0.29, 0.717) is 6.54 Å². The Morgan fingerprint density at radius 3 is 2.48 bits per heavy atom. The molecule has 120 valence electrons. The van der Waals surface area contributed by atoms with E-state index in [1.807, 2.05) is 0 Å². The lowest BCUT2D eigenvalue weighted by Gasteiger charge is -2.40. The van der Waals surface area contributed by atoms with E-state index < -0.39 is 0 Å². The first-order valence-corrected chi connectivity index (χ1v) is 8.37. The third-order valence-corrected chi connectivity index (χ3v) is 4.60. The summed E-state index contributed by atoms with van der Waals surface area (Å²) in [5.74, 6) is 0.941. The van der Waals surface area contributed by atoms with Crippen LogP contribution >= 0.6 is 0 Å². The van der Waals surface area contributed by atoms with E-state index in [9.17, 15) is 10.1 Å². The van der Waals surface area contributed by atoms with Gasteiger partial charge in [-0.15, -0.1) is 0 Å². The zero-order valence-electron chi connectivity index (χ0n) is 14.1. The monoisotopic (exact) mass is 293 g/mol. The molecule has 1 aliphatic rings. The van der Waals surface area contributed by atoms with Crippen LogP contribution in [0.1, 0.15) is 52.4 Å². The molecule has 3 unspecified atom stereocenters. The molecule has 0 spiro atoms. The number of hydrogen-bond acceptors (Lipinski definition) is 3. The van der Waals surface area contributed by atoms with Gasteiger partial charge in [-0.3, -0.25) is 9.69 Å². The third-order valence-electron chi connectivity index (χ3n) is 4.60. The molecule has 1 aliphatic carbocycles. The van der Waals surface area contributed by atoms with Crippen LogP contribution in [0, 0.1) is 23.2 Å². The molecule has 0 aromatic heterocycles. The van der Waals surface area contributed by atoms with E-state index in [-0.39, 0.29) is 17.9 Å². The second-order valence-electron chi connectivity index (χ2n) is 6.53. The van der Waals surface area contributed by atoms with E-state index >= 15 is 0 Å². The molecule has 1 saturated carbocycles. The normalized spacial score (nSPS) is 25.6. The Labute approximate surface area is 130 Å². The second kappa shape index (κ2) is 9.04. The SMILES string of the molecule is CCCC1CCC(C#N)C(N(CCC)CC(=O)N(C)C)C1. The van der Waals surface area contributed by atoms with Crippen molar-refractivity contribution in [3.63, 3.8) is 0 Å². The van der Waals surface area contributed by atoms with Gasteiger partial charge in [0.25, 0.3) is 0 Å². The Hall–Kier alpha value is -1.08. The maximum absolute atomic E-state index is 12.1. The predicted molar refractivity (Wildman–Crippen MR) is 85.7 cm³/mol. The molecule has 1 rings (SSSR count). The molecular weight excluding hydrogens is 262 g/mol. The van der Waals surface area contributed by atoms with Crippen molar-refractivity contribution in [2.75, 3.05) is 27.2 Å². The second-order valence-corrected chi connectivity index (χ2v) is 6.53. The van der Waals surface area contributed by atoms with Gasteiger partial charge >= 0.3 is 0 Å². The van der Waals surface area contributed by atoms with Gasteiger partial charge in [0, 0.05) is 20.1 Å². The van der Waals surface area contributed by atoms with Crippen LogP contribution in [0.4, 0.5) is 0 Å². The highest BCUT2D eigenvalue weighted by Gasteiger charge is 2.34. The molecule has 21 heavy (non-hydrogen) atoms. The Morgan fingerprint density at radius 1 is 1.24 bits per heavy atom. The highest BCUT2D eigenvalue weighted by Crippen LogP contribution is 2.34. The minimum absolute atomic E-state index is 0.0830. The van der Waals surface area contributed by atoms with Gasteiger partial charge in [-0.1, -0.05) is 26.7 Å². The van der Waals surface area contributed by atoms with Crippen molar-refractivity contribution >= 4 is 5.91 Å². The van der Waals surface area contributed by atoms with Gasteiger partial charge in [0.1, 0.15) is 0 Å². The van der Waals surface area contributed by atoms with Crippen LogP contribution in [0.15, 0.2) is 0 Å². The van der Waals surface area contributed by atoms with Crippen LogP contribution in [0.3, 0.4) is 0 Å². The van der Waals surface area contributed by atoms with Crippen molar-refractivity contribution in [1.82, 2.24) is 9.80 Å². The Kier molecular flexibility index (Phi) is 7.74. The van der Waals surface area contributed by atoms with Crippen molar-refractivity contribution < 1.29 is 4.79 Å². The van der Waals surface area contributed by atoms with Gasteiger partial charge in [0.05, 0.1) is 18.5 Å². The summed E-state index contributed by atoms with van der Waals surface area (Å²) in [6, 6.07) is 2.75. The lowest BCUT2D eigenvalue weighted by atomic mass is 9.76. The van der Waals surface area contributed by atoms with E-state index in [2.05, 4.69) is 24.8 Å². The smallest absolute Gasteiger partial charge is 0.236 e. The summed E-state index contributed by atoms with van der Waals surface area (Å²) >= 11 is 0.